The number of methoxy groups -OCH3 is 1. The lowest BCUT2D eigenvalue weighted by Crippen LogP contribution is -2.27. The van der Waals surface area contributed by atoms with Crippen LogP contribution in [0.2, 0.25) is 0 Å². The number of benzene rings is 2. The molecule has 0 bridgehead atoms. The molecule has 0 saturated carbocycles. The Morgan fingerprint density at radius 3 is 2.59 bits per heavy atom. The Bertz CT molecular complexity index is 1070. The maximum Gasteiger partial charge on any atom is 0.344 e. The third-order valence-electron chi connectivity index (χ3n) is 4.59. The van der Waals surface area contributed by atoms with Crippen LogP contribution >= 0.6 is 11.8 Å². The Hall–Kier alpha value is -3.46. The van der Waals surface area contributed by atoms with Crippen LogP contribution < -0.4 is 19.1 Å². The van der Waals surface area contributed by atoms with Gasteiger partial charge in [-0.05, 0) is 61.0 Å². The number of rotatable bonds is 9. The second kappa shape index (κ2) is 10.2. The van der Waals surface area contributed by atoms with Crippen molar-refractivity contribution in [2.45, 2.75) is 26.4 Å². The number of carbonyl (C=O) groups excluding carboxylic acids is 2. The molecule has 1 heterocycles. The van der Waals surface area contributed by atoms with Gasteiger partial charge in [-0.3, -0.25) is 9.59 Å². The zero-order valence-electron chi connectivity index (χ0n) is 17.9. The van der Waals surface area contributed by atoms with Crippen LogP contribution in [0.4, 0.5) is 10.5 Å². The van der Waals surface area contributed by atoms with E-state index in [0.717, 1.165) is 16.7 Å². The summed E-state index contributed by atoms with van der Waals surface area (Å²) in [6.45, 7) is 3.85. The molecule has 1 saturated heterocycles. The second-order valence-electron chi connectivity index (χ2n) is 6.71. The van der Waals surface area contributed by atoms with E-state index in [1.165, 1.54) is 7.11 Å². The van der Waals surface area contributed by atoms with E-state index in [4.69, 9.17) is 14.2 Å². The molecule has 1 N–H and O–H groups in total. The third kappa shape index (κ3) is 5.05. The van der Waals surface area contributed by atoms with Gasteiger partial charge in [-0.1, -0.05) is 19.1 Å². The predicted molar refractivity (Wildman–Crippen MR) is 121 cm³/mol. The lowest BCUT2D eigenvalue weighted by Gasteiger charge is -2.17. The summed E-state index contributed by atoms with van der Waals surface area (Å²) in [6, 6.07) is 11.6. The van der Waals surface area contributed by atoms with Gasteiger partial charge in [-0.2, -0.15) is 0 Å². The molecule has 0 aliphatic carbocycles. The number of ether oxygens (including phenoxy) is 3. The van der Waals surface area contributed by atoms with E-state index in [1.54, 1.807) is 62.4 Å². The van der Waals surface area contributed by atoms with Crippen molar-refractivity contribution >= 4 is 40.6 Å². The standard InChI is InChI=1S/C23H23NO7S/c1-4-17(22(26)27)31-18-10-9-14(11-19(18)30-5-2)12-20-21(25)24(23(28)32-20)15-7-6-8-16(13-15)29-3/h6-13,17H,4-5H2,1-3H3,(H,26,27)/b20-12+. The summed E-state index contributed by atoms with van der Waals surface area (Å²) in [4.78, 5) is 38.1. The van der Waals surface area contributed by atoms with Gasteiger partial charge < -0.3 is 19.3 Å². The molecule has 1 aliphatic rings. The number of carbonyl (C=O) groups is 3. The molecule has 2 aromatic carbocycles. The first-order valence-electron chi connectivity index (χ1n) is 9.96. The highest BCUT2D eigenvalue weighted by molar-refractivity contribution is 8.19. The summed E-state index contributed by atoms with van der Waals surface area (Å²) in [7, 11) is 1.51. The Kier molecular flexibility index (Phi) is 7.42. The van der Waals surface area contributed by atoms with Crippen LogP contribution in [0, 0.1) is 0 Å². The fourth-order valence-electron chi connectivity index (χ4n) is 3.03. The number of aliphatic carboxylic acids is 1. The normalized spacial score (nSPS) is 15.7. The van der Waals surface area contributed by atoms with Crippen LogP contribution in [0.3, 0.4) is 0 Å². The molecule has 8 nitrogen and oxygen atoms in total. The van der Waals surface area contributed by atoms with E-state index in [9.17, 15) is 19.5 Å². The van der Waals surface area contributed by atoms with E-state index < -0.39 is 23.2 Å². The lowest BCUT2D eigenvalue weighted by atomic mass is 10.1. The Labute approximate surface area is 189 Å². The minimum Gasteiger partial charge on any atom is -0.497 e. The van der Waals surface area contributed by atoms with Gasteiger partial charge in [0.2, 0.25) is 0 Å². The predicted octanol–water partition coefficient (Wildman–Crippen LogP) is 4.58. The molecule has 2 amide bonds. The minimum absolute atomic E-state index is 0.255. The van der Waals surface area contributed by atoms with Crippen molar-refractivity contribution in [2.75, 3.05) is 18.6 Å². The second-order valence-corrected chi connectivity index (χ2v) is 7.70. The van der Waals surface area contributed by atoms with Crippen LogP contribution in [-0.4, -0.2) is 42.0 Å². The molecule has 0 aromatic heterocycles. The van der Waals surface area contributed by atoms with Gasteiger partial charge in [0.05, 0.1) is 24.3 Å². The summed E-state index contributed by atoms with van der Waals surface area (Å²) in [5, 5.41) is 8.84. The average Bonchev–Trinajstić information content (AvgIpc) is 3.05. The van der Waals surface area contributed by atoms with Crippen molar-refractivity contribution in [3.63, 3.8) is 0 Å². The van der Waals surface area contributed by atoms with Crippen molar-refractivity contribution in [2.24, 2.45) is 0 Å². The summed E-state index contributed by atoms with van der Waals surface area (Å²) in [5.74, 6) is -0.321. The smallest absolute Gasteiger partial charge is 0.344 e. The van der Waals surface area contributed by atoms with E-state index in [-0.39, 0.29) is 4.91 Å². The molecule has 0 spiro atoms. The highest BCUT2D eigenvalue weighted by atomic mass is 32.2. The molecule has 1 atom stereocenters. The first-order chi connectivity index (χ1) is 15.4. The van der Waals surface area contributed by atoms with Gasteiger partial charge in [0, 0.05) is 6.07 Å². The summed E-state index contributed by atoms with van der Waals surface area (Å²) in [6.07, 6.45) is 0.880. The van der Waals surface area contributed by atoms with Crippen LogP contribution in [-0.2, 0) is 9.59 Å². The molecule has 1 aliphatic heterocycles. The van der Waals surface area contributed by atoms with E-state index in [1.807, 2.05) is 0 Å². The fraction of sp³-hybridized carbons (Fsp3) is 0.261. The van der Waals surface area contributed by atoms with Crippen LogP contribution in [0.15, 0.2) is 47.4 Å². The molecule has 3 rings (SSSR count). The Morgan fingerprint density at radius 1 is 1.16 bits per heavy atom. The summed E-state index contributed by atoms with van der Waals surface area (Å²) < 4.78 is 16.3. The van der Waals surface area contributed by atoms with E-state index >= 15 is 0 Å². The van der Waals surface area contributed by atoms with Gasteiger partial charge in [0.1, 0.15) is 5.75 Å². The van der Waals surface area contributed by atoms with Crippen molar-refractivity contribution < 1.29 is 33.7 Å². The van der Waals surface area contributed by atoms with Crippen molar-refractivity contribution in [3.8, 4) is 17.2 Å². The van der Waals surface area contributed by atoms with Gasteiger partial charge in [-0.15, -0.1) is 0 Å². The molecule has 1 fully saturated rings. The maximum absolute atomic E-state index is 12.9. The van der Waals surface area contributed by atoms with Gasteiger partial charge in [-0.25, -0.2) is 9.69 Å². The molecular formula is C23H23NO7S. The number of carboxylic acid groups (broad SMARTS) is 1. The molecular weight excluding hydrogens is 434 g/mol. The minimum atomic E-state index is -1.06. The Morgan fingerprint density at radius 2 is 1.94 bits per heavy atom. The first-order valence-corrected chi connectivity index (χ1v) is 10.8. The first kappa shape index (κ1) is 23.2. The van der Waals surface area contributed by atoms with Gasteiger partial charge in [0.25, 0.3) is 11.1 Å². The van der Waals surface area contributed by atoms with Gasteiger partial charge in [0.15, 0.2) is 17.6 Å². The molecule has 9 heteroatoms. The topological polar surface area (TPSA) is 102 Å². The van der Waals surface area contributed by atoms with E-state index in [2.05, 4.69) is 0 Å². The quantitative estimate of drug-likeness (QED) is 0.546. The van der Waals surface area contributed by atoms with Crippen LogP contribution in [0.5, 0.6) is 17.2 Å². The number of hydrogen-bond donors (Lipinski definition) is 1. The number of thioether (sulfide) groups is 1. The summed E-state index contributed by atoms with van der Waals surface area (Å²) in [5.41, 5.74) is 1.04. The number of amides is 2. The molecule has 168 valence electrons. The highest BCUT2D eigenvalue weighted by Crippen LogP contribution is 2.38. The molecule has 32 heavy (non-hydrogen) atoms. The summed E-state index contributed by atoms with van der Waals surface area (Å²) >= 11 is 0.834. The van der Waals surface area contributed by atoms with Crippen molar-refractivity contribution in [1.29, 1.82) is 0 Å². The maximum atomic E-state index is 12.9. The average molecular weight is 458 g/mol. The van der Waals surface area contributed by atoms with E-state index in [0.29, 0.717) is 41.5 Å². The largest absolute Gasteiger partial charge is 0.497 e. The van der Waals surface area contributed by atoms with Crippen molar-refractivity contribution in [3.05, 3.63) is 52.9 Å². The highest BCUT2D eigenvalue weighted by Gasteiger charge is 2.36. The SMILES string of the molecule is CCOc1cc(/C=C2/SC(=O)N(c3cccc(OC)c3)C2=O)ccc1OC(CC)C(=O)O. The Balaban J connectivity index is 1.88. The van der Waals surface area contributed by atoms with Crippen LogP contribution in [0.25, 0.3) is 6.08 Å². The monoisotopic (exact) mass is 457 g/mol. The number of carboxylic acids is 1. The molecule has 0 radical (unpaired) electrons. The van der Waals surface area contributed by atoms with Crippen molar-refractivity contribution in [1.82, 2.24) is 0 Å². The number of nitrogens with zero attached hydrogens (tertiary/aromatic N) is 1. The number of anilines is 1. The van der Waals surface area contributed by atoms with Gasteiger partial charge >= 0.3 is 5.97 Å². The molecule has 1 unspecified atom stereocenters. The number of hydrogen-bond acceptors (Lipinski definition) is 7. The fourth-order valence-corrected chi connectivity index (χ4v) is 3.87. The zero-order chi connectivity index (χ0) is 23.3. The third-order valence-corrected chi connectivity index (χ3v) is 5.46. The van der Waals surface area contributed by atoms with Crippen LogP contribution in [0.1, 0.15) is 25.8 Å². The lowest BCUT2D eigenvalue weighted by molar-refractivity contribution is -0.145. The number of imide groups is 1. The molecule has 2 aromatic rings. The zero-order valence-corrected chi connectivity index (χ0v) is 18.7.